The zero-order valence-corrected chi connectivity index (χ0v) is 11.7. The standard InChI is InChI=1S/C14H28N2O2/c1-3-4-5-12(15)13(18)16-14(10-17)8-6-11(2)7-9-14/h11-12,17H,3-10,15H2,1-2H3,(H,16,18)/t11?,12-,14?/m0/s1. The first-order valence-electron chi connectivity index (χ1n) is 7.21. The van der Waals surface area contributed by atoms with Gasteiger partial charge in [-0.05, 0) is 38.0 Å². The molecule has 0 saturated heterocycles. The minimum atomic E-state index is -0.437. The molecular weight excluding hydrogens is 228 g/mol. The van der Waals surface area contributed by atoms with E-state index < -0.39 is 11.6 Å². The first-order valence-corrected chi connectivity index (χ1v) is 7.21. The lowest BCUT2D eigenvalue weighted by Crippen LogP contribution is -2.57. The van der Waals surface area contributed by atoms with E-state index in [9.17, 15) is 9.90 Å². The minimum Gasteiger partial charge on any atom is -0.394 e. The molecule has 0 aromatic carbocycles. The number of amides is 1. The topological polar surface area (TPSA) is 75.4 Å². The van der Waals surface area contributed by atoms with Gasteiger partial charge in [-0.1, -0.05) is 26.7 Å². The lowest BCUT2D eigenvalue weighted by Gasteiger charge is -2.39. The van der Waals surface area contributed by atoms with E-state index in [1.165, 1.54) is 0 Å². The van der Waals surface area contributed by atoms with Crippen LogP contribution in [0.15, 0.2) is 0 Å². The van der Waals surface area contributed by atoms with Crippen molar-refractivity contribution in [2.45, 2.75) is 70.4 Å². The number of carbonyl (C=O) groups is 1. The van der Waals surface area contributed by atoms with Crippen molar-refractivity contribution in [2.24, 2.45) is 11.7 Å². The van der Waals surface area contributed by atoms with Crippen molar-refractivity contribution in [3.63, 3.8) is 0 Å². The Morgan fingerprint density at radius 1 is 1.50 bits per heavy atom. The lowest BCUT2D eigenvalue weighted by molar-refractivity contribution is -0.125. The molecule has 0 radical (unpaired) electrons. The maximum atomic E-state index is 12.0. The van der Waals surface area contributed by atoms with Crippen molar-refractivity contribution in [3.8, 4) is 0 Å². The Morgan fingerprint density at radius 2 is 2.11 bits per heavy atom. The van der Waals surface area contributed by atoms with Crippen LogP contribution in [0, 0.1) is 5.92 Å². The molecule has 0 unspecified atom stereocenters. The minimum absolute atomic E-state index is 0.0198. The average molecular weight is 256 g/mol. The number of aliphatic hydroxyl groups is 1. The molecule has 1 rings (SSSR count). The lowest BCUT2D eigenvalue weighted by atomic mass is 9.77. The van der Waals surface area contributed by atoms with Crippen LogP contribution in [-0.2, 0) is 4.79 Å². The van der Waals surface area contributed by atoms with Crippen molar-refractivity contribution in [2.75, 3.05) is 6.61 Å². The summed E-state index contributed by atoms with van der Waals surface area (Å²) in [5.41, 5.74) is 5.44. The van der Waals surface area contributed by atoms with E-state index in [1.54, 1.807) is 0 Å². The average Bonchev–Trinajstić information content (AvgIpc) is 2.38. The molecule has 1 amide bonds. The molecule has 1 saturated carbocycles. The first kappa shape index (κ1) is 15.4. The van der Waals surface area contributed by atoms with Gasteiger partial charge in [-0.3, -0.25) is 4.79 Å². The maximum Gasteiger partial charge on any atom is 0.237 e. The zero-order chi connectivity index (χ0) is 13.6. The fourth-order valence-corrected chi connectivity index (χ4v) is 2.55. The third kappa shape index (κ3) is 4.25. The number of nitrogens with two attached hydrogens (primary N) is 1. The van der Waals surface area contributed by atoms with Crippen LogP contribution in [0.25, 0.3) is 0 Å². The number of unbranched alkanes of at least 4 members (excludes halogenated alkanes) is 1. The molecule has 1 fully saturated rings. The summed E-state index contributed by atoms with van der Waals surface area (Å²) in [6, 6.07) is -0.437. The smallest absolute Gasteiger partial charge is 0.237 e. The fraction of sp³-hybridized carbons (Fsp3) is 0.929. The van der Waals surface area contributed by atoms with Crippen LogP contribution in [0.3, 0.4) is 0 Å². The Hall–Kier alpha value is -0.610. The summed E-state index contributed by atoms with van der Waals surface area (Å²) < 4.78 is 0. The molecule has 0 bridgehead atoms. The summed E-state index contributed by atoms with van der Waals surface area (Å²) in [4.78, 5) is 12.0. The van der Waals surface area contributed by atoms with Gasteiger partial charge in [0.25, 0.3) is 0 Å². The quantitative estimate of drug-likeness (QED) is 0.675. The molecule has 106 valence electrons. The second-order valence-corrected chi connectivity index (χ2v) is 5.86. The number of hydrogen-bond donors (Lipinski definition) is 3. The SMILES string of the molecule is CCCC[C@H](N)C(=O)NC1(CO)CCC(C)CC1. The van der Waals surface area contributed by atoms with E-state index >= 15 is 0 Å². The highest BCUT2D eigenvalue weighted by molar-refractivity contribution is 5.82. The van der Waals surface area contributed by atoms with Crippen molar-refractivity contribution in [1.82, 2.24) is 5.32 Å². The van der Waals surface area contributed by atoms with Gasteiger partial charge in [0.15, 0.2) is 0 Å². The van der Waals surface area contributed by atoms with Gasteiger partial charge in [0.1, 0.15) is 0 Å². The largest absolute Gasteiger partial charge is 0.394 e. The normalized spacial score (nSPS) is 29.9. The van der Waals surface area contributed by atoms with E-state index in [1.807, 2.05) is 0 Å². The number of carbonyl (C=O) groups excluding carboxylic acids is 1. The van der Waals surface area contributed by atoms with Crippen molar-refractivity contribution in [3.05, 3.63) is 0 Å². The third-order valence-electron chi connectivity index (χ3n) is 4.13. The molecule has 4 N–H and O–H groups in total. The Balaban J connectivity index is 2.49. The molecular formula is C14H28N2O2. The summed E-state index contributed by atoms with van der Waals surface area (Å²) in [7, 11) is 0. The van der Waals surface area contributed by atoms with Gasteiger partial charge in [-0.2, -0.15) is 0 Å². The van der Waals surface area contributed by atoms with Crippen LogP contribution in [0.1, 0.15) is 58.8 Å². The predicted octanol–water partition coefficient (Wildman–Crippen LogP) is 1.56. The van der Waals surface area contributed by atoms with Crippen LogP contribution in [0.5, 0.6) is 0 Å². The molecule has 1 aliphatic carbocycles. The highest BCUT2D eigenvalue weighted by Gasteiger charge is 2.35. The summed E-state index contributed by atoms with van der Waals surface area (Å²) in [6.45, 7) is 4.32. The van der Waals surface area contributed by atoms with Crippen molar-refractivity contribution >= 4 is 5.91 Å². The summed E-state index contributed by atoms with van der Waals surface area (Å²) in [5, 5.41) is 12.6. The third-order valence-corrected chi connectivity index (χ3v) is 4.13. The molecule has 4 nitrogen and oxygen atoms in total. The highest BCUT2D eigenvalue weighted by Crippen LogP contribution is 2.31. The van der Waals surface area contributed by atoms with Gasteiger partial charge in [0, 0.05) is 0 Å². The Labute approximate surface area is 110 Å². The summed E-state index contributed by atoms with van der Waals surface area (Å²) >= 11 is 0. The molecule has 0 aromatic rings. The Kier molecular flexibility index (Phi) is 6.09. The van der Waals surface area contributed by atoms with Gasteiger partial charge in [0.05, 0.1) is 18.2 Å². The van der Waals surface area contributed by atoms with E-state index in [4.69, 9.17) is 5.73 Å². The molecule has 0 heterocycles. The molecule has 0 spiro atoms. The van der Waals surface area contributed by atoms with E-state index in [-0.39, 0.29) is 12.5 Å². The predicted molar refractivity (Wildman–Crippen MR) is 73.1 cm³/mol. The molecule has 1 aliphatic rings. The van der Waals surface area contributed by atoms with E-state index in [2.05, 4.69) is 19.2 Å². The van der Waals surface area contributed by atoms with Gasteiger partial charge in [-0.15, -0.1) is 0 Å². The summed E-state index contributed by atoms with van der Waals surface area (Å²) in [5.74, 6) is 0.586. The summed E-state index contributed by atoms with van der Waals surface area (Å²) in [6.07, 6.45) is 6.57. The van der Waals surface area contributed by atoms with Crippen molar-refractivity contribution < 1.29 is 9.90 Å². The van der Waals surface area contributed by atoms with Crippen LogP contribution in [0.2, 0.25) is 0 Å². The van der Waals surface area contributed by atoms with Crippen LogP contribution >= 0.6 is 0 Å². The van der Waals surface area contributed by atoms with Crippen molar-refractivity contribution in [1.29, 1.82) is 0 Å². The molecule has 0 aliphatic heterocycles. The monoisotopic (exact) mass is 256 g/mol. The number of hydrogen-bond acceptors (Lipinski definition) is 3. The fourth-order valence-electron chi connectivity index (χ4n) is 2.55. The van der Waals surface area contributed by atoms with E-state index in [0.29, 0.717) is 5.92 Å². The Morgan fingerprint density at radius 3 is 2.61 bits per heavy atom. The van der Waals surface area contributed by atoms with Crippen LogP contribution in [0.4, 0.5) is 0 Å². The highest BCUT2D eigenvalue weighted by atomic mass is 16.3. The zero-order valence-electron chi connectivity index (χ0n) is 11.7. The van der Waals surface area contributed by atoms with Crippen LogP contribution in [-0.4, -0.2) is 29.2 Å². The molecule has 1 atom stereocenters. The van der Waals surface area contributed by atoms with Crippen LogP contribution < -0.4 is 11.1 Å². The second kappa shape index (κ2) is 7.10. The van der Waals surface area contributed by atoms with Gasteiger partial charge < -0.3 is 16.2 Å². The maximum absolute atomic E-state index is 12.0. The van der Waals surface area contributed by atoms with Gasteiger partial charge in [-0.25, -0.2) is 0 Å². The van der Waals surface area contributed by atoms with Gasteiger partial charge >= 0.3 is 0 Å². The first-order chi connectivity index (χ1) is 8.53. The number of rotatable bonds is 6. The van der Waals surface area contributed by atoms with Gasteiger partial charge in [0.2, 0.25) is 5.91 Å². The second-order valence-electron chi connectivity index (χ2n) is 5.86. The molecule has 18 heavy (non-hydrogen) atoms. The van der Waals surface area contributed by atoms with E-state index in [0.717, 1.165) is 44.9 Å². The number of nitrogens with one attached hydrogen (secondary N) is 1. The molecule has 4 heteroatoms. The molecule has 0 aromatic heterocycles. The Bertz CT molecular complexity index is 261. The number of aliphatic hydroxyl groups excluding tert-OH is 1.